The van der Waals surface area contributed by atoms with Gasteiger partial charge in [0.15, 0.2) is 0 Å². The Kier molecular flexibility index (Phi) is 6.49. The SMILES string of the molecule is CN(C)C(CNC(=O)C[C@@H]1CCC[C@H]1N)C1CCCCC1. The minimum atomic E-state index is 0.194. The molecule has 3 atom stereocenters. The zero-order valence-electron chi connectivity index (χ0n) is 13.8. The Morgan fingerprint density at radius 1 is 1.14 bits per heavy atom. The second-order valence-electron chi connectivity index (χ2n) is 7.29. The van der Waals surface area contributed by atoms with Crippen molar-refractivity contribution >= 4 is 5.91 Å². The minimum absolute atomic E-state index is 0.194. The Bertz CT molecular complexity index is 326. The van der Waals surface area contributed by atoms with Crippen molar-refractivity contribution in [3.63, 3.8) is 0 Å². The van der Waals surface area contributed by atoms with Crippen molar-refractivity contribution in [2.24, 2.45) is 17.6 Å². The lowest BCUT2D eigenvalue weighted by Crippen LogP contribution is -2.46. The van der Waals surface area contributed by atoms with Crippen LogP contribution in [0.1, 0.15) is 57.8 Å². The predicted molar refractivity (Wildman–Crippen MR) is 87.0 cm³/mol. The molecule has 0 spiro atoms. The highest BCUT2D eigenvalue weighted by atomic mass is 16.1. The Hall–Kier alpha value is -0.610. The molecular weight excluding hydrogens is 262 g/mol. The third-order valence-electron chi connectivity index (χ3n) is 5.53. The quantitative estimate of drug-likeness (QED) is 0.789. The van der Waals surface area contributed by atoms with Gasteiger partial charge in [0.25, 0.3) is 0 Å². The smallest absolute Gasteiger partial charge is 0.220 e. The average Bonchev–Trinajstić information content (AvgIpc) is 2.85. The van der Waals surface area contributed by atoms with Crippen LogP contribution in [0.25, 0.3) is 0 Å². The molecule has 3 N–H and O–H groups in total. The van der Waals surface area contributed by atoms with Crippen LogP contribution in [-0.2, 0) is 4.79 Å². The number of likely N-dealkylation sites (N-methyl/N-ethyl adjacent to an activating group) is 1. The van der Waals surface area contributed by atoms with E-state index in [1.165, 1.54) is 38.5 Å². The van der Waals surface area contributed by atoms with Crippen LogP contribution in [-0.4, -0.2) is 43.5 Å². The molecule has 2 fully saturated rings. The number of nitrogens with two attached hydrogens (primary N) is 1. The number of nitrogens with one attached hydrogen (secondary N) is 1. The standard InChI is InChI=1S/C17H33N3O/c1-20(2)16(13-7-4-3-5-8-13)12-19-17(21)11-14-9-6-10-15(14)18/h13-16H,3-12,18H2,1-2H3,(H,19,21)/t14-,15+,16?/m0/s1. The van der Waals surface area contributed by atoms with Gasteiger partial charge in [0, 0.05) is 25.0 Å². The zero-order chi connectivity index (χ0) is 15.2. The Labute approximate surface area is 129 Å². The van der Waals surface area contributed by atoms with Crippen LogP contribution in [0, 0.1) is 11.8 Å². The van der Waals surface area contributed by atoms with Gasteiger partial charge in [-0.2, -0.15) is 0 Å². The van der Waals surface area contributed by atoms with Crippen LogP contribution in [0.3, 0.4) is 0 Å². The molecule has 122 valence electrons. The van der Waals surface area contributed by atoms with Gasteiger partial charge in [-0.25, -0.2) is 0 Å². The summed E-state index contributed by atoms with van der Waals surface area (Å²) in [5.74, 6) is 1.33. The van der Waals surface area contributed by atoms with E-state index in [1.807, 2.05) is 0 Å². The minimum Gasteiger partial charge on any atom is -0.355 e. The van der Waals surface area contributed by atoms with Crippen LogP contribution < -0.4 is 11.1 Å². The van der Waals surface area contributed by atoms with Crippen LogP contribution in [0.4, 0.5) is 0 Å². The third-order valence-corrected chi connectivity index (χ3v) is 5.53. The fraction of sp³-hybridized carbons (Fsp3) is 0.941. The van der Waals surface area contributed by atoms with Gasteiger partial charge in [-0.15, -0.1) is 0 Å². The Morgan fingerprint density at radius 3 is 2.43 bits per heavy atom. The van der Waals surface area contributed by atoms with Gasteiger partial charge in [0.1, 0.15) is 0 Å². The Morgan fingerprint density at radius 2 is 1.86 bits per heavy atom. The summed E-state index contributed by atoms with van der Waals surface area (Å²) in [6.45, 7) is 0.790. The normalized spacial score (nSPS) is 28.8. The molecule has 21 heavy (non-hydrogen) atoms. The van der Waals surface area contributed by atoms with Gasteiger partial charge in [-0.05, 0) is 51.6 Å². The molecule has 2 aliphatic rings. The summed E-state index contributed by atoms with van der Waals surface area (Å²) in [5.41, 5.74) is 6.06. The number of hydrogen-bond donors (Lipinski definition) is 2. The van der Waals surface area contributed by atoms with Gasteiger partial charge in [-0.1, -0.05) is 25.7 Å². The number of carbonyl (C=O) groups excluding carboxylic acids is 1. The topological polar surface area (TPSA) is 58.4 Å². The van der Waals surface area contributed by atoms with Gasteiger partial charge < -0.3 is 16.0 Å². The Balaban J connectivity index is 1.76. The number of rotatable bonds is 6. The largest absolute Gasteiger partial charge is 0.355 e. The van der Waals surface area contributed by atoms with Crippen molar-refractivity contribution in [1.29, 1.82) is 0 Å². The van der Waals surface area contributed by atoms with E-state index in [2.05, 4.69) is 24.3 Å². The first-order valence-corrected chi connectivity index (χ1v) is 8.76. The molecule has 0 aromatic rings. The number of amides is 1. The summed E-state index contributed by atoms with van der Waals surface area (Å²) in [6, 6.07) is 0.713. The van der Waals surface area contributed by atoms with Crippen molar-refractivity contribution in [3.05, 3.63) is 0 Å². The molecular formula is C17H33N3O. The first kappa shape index (κ1) is 16.8. The lowest BCUT2D eigenvalue weighted by molar-refractivity contribution is -0.122. The van der Waals surface area contributed by atoms with Crippen molar-refractivity contribution < 1.29 is 4.79 Å². The molecule has 2 aliphatic carbocycles. The summed E-state index contributed by atoms with van der Waals surface area (Å²) >= 11 is 0. The third kappa shape index (κ3) is 4.96. The van der Waals surface area contributed by atoms with Crippen LogP contribution in [0.5, 0.6) is 0 Å². The maximum absolute atomic E-state index is 12.2. The highest BCUT2D eigenvalue weighted by Crippen LogP contribution is 2.29. The predicted octanol–water partition coefficient (Wildman–Crippen LogP) is 2.13. The molecule has 2 rings (SSSR count). The molecule has 0 aliphatic heterocycles. The molecule has 2 saturated carbocycles. The summed E-state index contributed by atoms with van der Waals surface area (Å²) in [7, 11) is 4.27. The average molecular weight is 295 g/mol. The van der Waals surface area contributed by atoms with Gasteiger partial charge in [0.2, 0.25) is 5.91 Å². The van der Waals surface area contributed by atoms with E-state index in [0.29, 0.717) is 18.4 Å². The molecule has 0 heterocycles. The van der Waals surface area contributed by atoms with Crippen molar-refractivity contribution in [2.45, 2.75) is 69.9 Å². The number of nitrogens with zero attached hydrogens (tertiary/aromatic N) is 1. The molecule has 0 radical (unpaired) electrons. The van der Waals surface area contributed by atoms with E-state index in [1.54, 1.807) is 0 Å². The van der Waals surface area contributed by atoms with Crippen LogP contribution in [0.2, 0.25) is 0 Å². The fourth-order valence-corrected chi connectivity index (χ4v) is 4.14. The van der Waals surface area contributed by atoms with Crippen molar-refractivity contribution in [2.75, 3.05) is 20.6 Å². The van der Waals surface area contributed by atoms with E-state index in [9.17, 15) is 4.79 Å². The summed E-state index contributed by atoms with van der Waals surface area (Å²) in [4.78, 5) is 14.5. The molecule has 0 bridgehead atoms. The van der Waals surface area contributed by atoms with Gasteiger partial charge in [0.05, 0.1) is 0 Å². The van der Waals surface area contributed by atoms with Gasteiger partial charge >= 0.3 is 0 Å². The highest BCUT2D eigenvalue weighted by molar-refractivity contribution is 5.76. The summed E-state index contributed by atoms with van der Waals surface area (Å²) in [5, 5.41) is 3.17. The van der Waals surface area contributed by atoms with Gasteiger partial charge in [-0.3, -0.25) is 4.79 Å². The maximum Gasteiger partial charge on any atom is 0.220 e. The van der Waals surface area contributed by atoms with E-state index in [0.717, 1.165) is 25.3 Å². The molecule has 0 aromatic carbocycles. The molecule has 4 heteroatoms. The lowest BCUT2D eigenvalue weighted by Gasteiger charge is -2.35. The summed E-state index contributed by atoms with van der Waals surface area (Å²) < 4.78 is 0. The first-order valence-electron chi connectivity index (χ1n) is 8.76. The van der Waals surface area contributed by atoms with Crippen molar-refractivity contribution in [3.8, 4) is 0 Å². The zero-order valence-corrected chi connectivity index (χ0v) is 13.8. The van der Waals surface area contributed by atoms with E-state index >= 15 is 0 Å². The highest BCUT2D eigenvalue weighted by Gasteiger charge is 2.28. The second-order valence-corrected chi connectivity index (χ2v) is 7.29. The van der Waals surface area contributed by atoms with Crippen molar-refractivity contribution in [1.82, 2.24) is 10.2 Å². The molecule has 0 saturated heterocycles. The van der Waals surface area contributed by atoms with Crippen LogP contribution in [0.15, 0.2) is 0 Å². The second kappa shape index (κ2) is 8.14. The van der Waals surface area contributed by atoms with E-state index < -0.39 is 0 Å². The van der Waals surface area contributed by atoms with E-state index in [-0.39, 0.29) is 11.9 Å². The molecule has 0 aromatic heterocycles. The molecule has 1 unspecified atom stereocenters. The molecule has 4 nitrogen and oxygen atoms in total. The number of hydrogen-bond acceptors (Lipinski definition) is 3. The van der Waals surface area contributed by atoms with Crippen LogP contribution >= 0.6 is 0 Å². The number of carbonyl (C=O) groups is 1. The first-order chi connectivity index (χ1) is 10.1. The monoisotopic (exact) mass is 295 g/mol. The maximum atomic E-state index is 12.2. The summed E-state index contributed by atoms with van der Waals surface area (Å²) in [6.07, 6.45) is 10.7. The van der Waals surface area contributed by atoms with E-state index in [4.69, 9.17) is 5.73 Å². The molecule has 1 amide bonds. The lowest BCUT2D eigenvalue weighted by atomic mass is 9.83. The fourth-order valence-electron chi connectivity index (χ4n) is 4.14.